The van der Waals surface area contributed by atoms with Crippen LogP contribution < -0.4 is 10.9 Å². The molecule has 1 amide bonds. The molecule has 0 bridgehead atoms. The van der Waals surface area contributed by atoms with Crippen LogP contribution in [0.4, 0.5) is 5.69 Å². The third-order valence-electron chi connectivity index (χ3n) is 2.91. The van der Waals surface area contributed by atoms with Crippen molar-refractivity contribution in [3.63, 3.8) is 0 Å². The summed E-state index contributed by atoms with van der Waals surface area (Å²) in [4.78, 5) is 24.9. The maximum absolute atomic E-state index is 11.8. The first-order valence-corrected chi connectivity index (χ1v) is 6.72. The zero-order valence-electron chi connectivity index (χ0n) is 9.91. The minimum atomic E-state index is -0.286. The smallest absolute Gasteiger partial charge is 0.280 e. The summed E-state index contributed by atoms with van der Waals surface area (Å²) in [7, 11) is 0. The zero-order valence-corrected chi connectivity index (χ0v) is 11.5. The first-order chi connectivity index (χ1) is 8.68. The third kappa shape index (κ3) is 3.10. The van der Waals surface area contributed by atoms with Crippen molar-refractivity contribution in [2.45, 2.75) is 19.3 Å². The number of carbonyl (C=O) groups excluding carboxylic acids is 1. The van der Waals surface area contributed by atoms with Crippen LogP contribution in [0.1, 0.15) is 19.3 Å². The molecule has 18 heavy (non-hydrogen) atoms. The largest absolute Gasteiger partial charge is 0.382 e. The van der Waals surface area contributed by atoms with Crippen LogP contribution in [0.15, 0.2) is 15.5 Å². The highest BCUT2D eigenvalue weighted by Gasteiger charge is 2.17. The highest BCUT2D eigenvalue weighted by atomic mass is 79.9. The molecule has 7 heteroatoms. The molecule has 1 aromatic rings. The molecule has 6 nitrogen and oxygen atoms in total. The van der Waals surface area contributed by atoms with E-state index < -0.39 is 0 Å². The van der Waals surface area contributed by atoms with E-state index >= 15 is 0 Å². The molecule has 0 aliphatic carbocycles. The highest BCUT2D eigenvalue weighted by molar-refractivity contribution is 9.10. The van der Waals surface area contributed by atoms with E-state index in [4.69, 9.17) is 0 Å². The fourth-order valence-electron chi connectivity index (χ4n) is 1.94. The van der Waals surface area contributed by atoms with Gasteiger partial charge in [0.25, 0.3) is 5.56 Å². The number of carbonyl (C=O) groups is 1. The zero-order chi connectivity index (χ0) is 13.0. The van der Waals surface area contributed by atoms with E-state index in [-0.39, 0.29) is 11.5 Å². The normalized spacial score (nSPS) is 14.8. The van der Waals surface area contributed by atoms with Crippen molar-refractivity contribution in [3.8, 4) is 0 Å². The first kappa shape index (κ1) is 13.1. The van der Waals surface area contributed by atoms with Gasteiger partial charge in [-0.15, -0.1) is 0 Å². The third-order valence-corrected chi connectivity index (χ3v) is 3.70. The average molecular weight is 315 g/mol. The van der Waals surface area contributed by atoms with E-state index in [1.165, 1.54) is 6.20 Å². The van der Waals surface area contributed by atoms with Gasteiger partial charge in [-0.05, 0) is 28.8 Å². The number of aromatic amines is 1. The maximum atomic E-state index is 11.8. The summed E-state index contributed by atoms with van der Waals surface area (Å²) in [6, 6.07) is 0. The van der Waals surface area contributed by atoms with Crippen LogP contribution in [0.2, 0.25) is 0 Å². The Morgan fingerprint density at radius 3 is 2.94 bits per heavy atom. The SMILES string of the molecule is O=C(CCNc1cn[nH]c(=O)c1Br)N1CCCC1. The van der Waals surface area contributed by atoms with Crippen LogP contribution in [-0.4, -0.2) is 40.6 Å². The lowest BCUT2D eigenvalue weighted by atomic mass is 10.3. The molecular weight excluding hydrogens is 300 g/mol. The molecule has 1 aliphatic heterocycles. The fourth-order valence-corrected chi connectivity index (χ4v) is 2.27. The van der Waals surface area contributed by atoms with E-state index in [2.05, 4.69) is 31.4 Å². The number of H-pyrrole nitrogens is 1. The van der Waals surface area contributed by atoms with Crippen LogP contribution >= 0.6 is 15.9 Å². The fraction of sp³-hybridized carbons (Fsp3) is 0.545. The van der Waals surface area contributed by atoms with Crippen LogP contribution in [0.5, 0.6) is 0 Å². The molecule has 2 heterocycles. The summed E-state index contributed by atoms with van der Waals surface area (Å²) >= 11 is 3.17. The van der Waals surface area contributed by atoms with Gasteiger partial charge in [0.05, 0.1) is 11.9 Å². The summed E-state index contributed by atoms with van der Waals surface area (Å²) in [5.74, 6) is 0.161. The van der Waals surface area contributed by atoms with Crippen molar-refractivity contribution in [2.75, 3.05) is 25.0 Å². The van der Waals surface area contributed by atoms with Crippen LogP contribution in [0, 0.1) is 0 Å². The van der Waals surface area contributed by atoms with Crippen LogP contribution in [0.3, 0.4) is 0 Å². The molecule has 0 saturated carbocycles. The molecule has 1 saturated heterocycles. The second-order valence-corrected chi connectivity index (χ2v) is 4.98. The second kappa shape index (κ2) is 5.99. The lowest BCUT2D eigenvalue weighted by Crippen LogP contribution is -2.29. The van der Waals surface area contributed by atoms with Crippen LogP contribution in [0.25, 0.3) is 0 Å². The Morgan fingerprint density at radius 1 is 1.50 bits per heavy atom. The number of likely N-dealkylation sites (tertiary alicyclic amines) is 1. The van der Waals surface area contributed by atoms with Gasteiger partial charge in [-0.25, -0.2) is 5.10 Å². The lowest BCUT2D eigenvalue weighted by Gasteiger charge is -2.15. The number of nitrogens with zero attached hydrogens (tertiary/aromatic N) is 2. The van der Waals surface area contributed by atoms with Gasteiger partial charge in [-0.1, -0.05) is 0 Å². The van der Waals surface area contributed by atoms with Crippen molar-refractivity contribution in [1.29, 1.82) is 0 Å². The molecule has 98 valence electrons. The Morgan fingerprint density at radius 2 is 2.22 bits per heavy atom. The first-order valence-electron chi connectivity index (χ1n) is 5.93. The van der Waals surface area contributed by atoms with E-state index in [1.807, 2.05) is 4.90 Å². The van der Waals surface area contributed by atoms with Gasteiger partial charge in [-0.2, -0.15) is 5.10 Å². The standard InChI is InChI=1S/C11H15BrN4O2/c12-10-8(7-14-15-11(10)18)13-4-3-9(17)16-5-1-2-6-16/h7H,1-6H2,(H2,13,15,18). The van der Waals surface area contributed by atoms with Crippen molar-refractivity contribution in [2.24, 2.45) is 0 Å². The summed E-state index contributed by atoms with van der Waals surface area (Å²) in [5.41, 5.74) is 0.318. The number of nitrogens with one attached hydrogen (secondary N) is 2. The topological polar surface area (TPSA) is 78.1 Å². The van der Waals surface area contributed by atoms with E-state index in [9.17, 15) is 9.59 Å². The van der Waals surface area contributed by atoms with Gasteiger partial charge in [0.1, 0.15) is 4.47 Å². The molecule has 1 aromatic heterocycles. The predicted octanol–water partition coefficient (Wildman–Crippen LogP) is 0.957. The van der Waals surface area contributed by atoms with Gasteiger partial charge in [0.15, 0.2) is 0 Å². The number of anilines is 1. The van der Waals surface area contributed by atoms with E-state index in [1.54, 1.807) is 0 Å². The molecular formula is C11H15BrN4O2. The Labute approximate surface area is 113 Å². The van der Waals surface area contributed by atoms with Crippen molar-refractivity contribution in [3.05, 3.63) is 21.0 Å². The number of hydrogen-bond donors (Lipinski definition) is 2. The summed E-state index contributed by atoms with van der Waals surface area (Å²) in [5, 5.41) is 9.04. The minimum Gasteiger partial charge on any atom is -0.382 e. The molecule has 2 N–H and O–H groups in total. The molecule has 0 spiro atoms. The molecule has 0 aromatic carbocycles. The van der Waals surface area contributed by atoms with Gasteiger partial charge in [-0.3, -0.25) is 9.59 Å². The Hall–Kier alpha value is -1.37. The number of halogens is 1. The van der Waals surface area contributed by atoms with Crippen molar-refractivity contribution in [1.82, 2.24) is 15.1 Å². The average Bonchev–Trinajstić information content (AvgIpc) is 2.88. The summed E-state index contributed by atoms with van der Waals surface area (Å²) in [6.45, 7) is 2.24. The molecule has 1 aliphatic rings. The molecule has 0 atom stereocenters. The second-order valence-electron chi connectivity index (χ2n) is 4.19. The predicted molar refractivity (Wildman–Crippen MR) is 71.5 cm³/mol. The van der Waals surface area contributed by atoms with Gasteiger partial charge >= 0.3 is 0 Å². The van der Waals surface area contributed by atoms with E-state index in [0.29, 0.717) is 23.1 Å². The van der Waals surface area contributed by atoms with Gasteiger partial charge < -0.3 is 10.2 Å². The van der Waals surface area contributed by atoms with Gasteiger partial charge in [0.2, 0.25) is 5.91 Å². The quantitative estimate of drug-likeness (QED) is 0.867. The Bertz CT molecular complexity index is 482. The number of amides is 1. The van der Waals surface area contributed by atoms with E-state index in [0.717, 1.165) is 25.9 Å². The number of rotatable bonds is 4. The minimum absolute atomic E-state index is 0.161. The van der Waals surface area contributed by atoms with Crippen molar-refractivity contribution >= 4 is 27.5 Å². The Balaban J connectivity index is 1.83. The Kier molecular flexibility index (Phi) is 4.35. The summed E-state index contributed by atoms with van der Waals surface area (Å²) in [6.07, 6.45) is 4.15. The monoisotopic (exact) mass is 314 g/mol. The number of hydrogen-bond acceptors (Lipinski definition) is 4. The lowest BCUT2D eigenvalue weighted by molar-refractivity contribution is -0.129. The molecule has 0 radical (unpaired) electrons. The highest BCUT2D eigenvalue weighted by Crippen LogP contribution is 2.15. The number of aromatic nitrogens is 2. The molecule has 1 fully saturated rings. The van der Waals surface area contributed by atoms with Crippen LogP contribution in [-0.2, 0) is 4.79 Å². The summed E-state index contributed by atoms with van der Waals surface area (Å²) < 4.78 is 0.408. The van der Waals surface area contributed by atoms with Gasteiger partial charge in [0, 0.05) is 26.1 Å². The molecule has 0 unspecified atom stereocenters. The molecule has 2 rings (SSSR count). The van der Waals surface area contributed by atoms with Crippen molar-refractivity contribution < 1.29 is 4.79 Å². The maximum Gasteiger partial charge on any atom is 0.280 e.